The largest absolute Gasteiger partial charge is 0.493 e. The van der Waals surface area contributed by atoms with Gasteiger partial charge in [0.25, 0.3) is 5.56 Å². The number of piperidine rings is 1. The summed E-state index contributed by atoms with van der Waals surface area (Å²) in [4.78, 5) is 16.8. The third-order valence-electron chi connectivity index (χ3n) is 4.39. The molecule has 21 heavy (non-hydrogen) atoms. The van der Waals surface area contributed by atoms with E-state index in [0.29, 0.717) is 11.3 Å². The summed E-state index contributed by atoms with van der Waals surface area (Å²) in [7, 11) is 0. The lowest BCUT2D eigenvalue weighted by Gasteiger charge is -2.30. The van der Waals surface area contributed by atoms with E-state index in [1.165, 1.54) is 25.9 Å². The molecule has 3 rings (SSSR count). The van der Waals surface area contributed by atoms with E-state index in [9.17, 15) is 4.79 Å². The second kappa shape index (κ2) is 6.31. The summed E-state index contributed by atoms with van der Waals surface area (Å²) in [6.45, 7) is 6.49. The van der Waals surface area contributed by atoms with Gasteiger partial charge in [0.05, 0.1) is 6.61 Å². The van der Waals surface area contributed by atoms with Gasteiger partial charge in [0.1, 0.15) is 5.75 Å². The molecule has 1 aliphatic heterocycles. The Morgan fingerprint density at radius 2 is 2.10 bits per heavy atom. The number of nitrogens with zero attached hydrogens (tertiary/aromatic N) is 1. The predicted octanol–water partition coefficient (Wildman–Crippen LogP) is 2.64. The van der Waals surface area contributed by atoms with Crippen LogP contribution in [0.1, 0.15) is 19.8 Å². The molecule has 1 N–H and O–H groups in total. The number of rotatable bonds is 4. The molecule has 0 atom stereocenters. The number of benzene rings is 1. The molecule has 1 saturated heterocycles. The van der Waals surface area contributed by atoms with Crippen molar-refractivity contribution < 1.29 is 4.74 Å². The van der Waals surface area contributed by atoms with Crippen molar-refractivity contribution in [2.24, 2.45) is 5.92 Å². The van der Waals surface area contributed by atoms with Gasteiger partial charge in [-0.3, -0.25) is 4.79 Å². The number of hydrogen-bond donors (Lipinski definition) is 1. The van der Waals surface area contributed by atoms with Gasteiger partial charge in [-0.2, -0.15) is 0 Å². The van der Waals surface area contributed by atoms with Gasteiger partial charge < -0.3 is 14.6 Å². The van der Waals surface area contributed by atoms with Gasteiger partial charge in [-0.05, 0) is 68.0 Å². The number of ether oxygens (including phenoxy) is 1. The van der Waals surface area contributed by atoms with E-state index < -0.39 is 0 Å². The van der Waals surface area contributed by atoms with Gasteiger partial charge >= 0.3 is 0 Å². The molecule has 4 nitrogen and oxygen atoms in total. The van der Waals surface area contributed by atoms with Crippen molar-refractivity contribution in [3.8, 4) is 5.75 Å². The van der Waals surface area contributed by atoms with E-state index in [-0.39, 0.29) is 5.56 Å². The van der Waals surface area contributed by atoms with E-state index in [0.717, 1.165) is 24.3 Å². The van der Waals surface area contributed by atoms with Gasteiger partial charge in [-0.25, -0.2) is 0 Å². The minimum absolute atomic E-state index is 0.0500. The SMILES string of the molecule is CCN1CCC(COc2ccc3c(=O)[nH]ccc3c2)CC1. The summed E-state index contributed by atoms with van der Waals surface area (Å²) in [5.74, 6) is 1.49. The zero-order valence-electron chi connectivity index (χ0n) is 12.5. The fraction of sp³-hybridized carbons (Fsp3) is 0.471. The molecule has 1 aliphatic rings. The molecule has 112 valence electrons. The van der Waals surface area contributed by atoms with Crippen LogP contribution in [0.4, 0.5) is 0 Å². The van der Waals surface area contributed by atoms with Crippen LogP contribution in [0.25, 0.3) is 10.8 Å². The molecule has 4 heteroatoms. The van der Waals surface area contributed by atoms with Crippen molar-refractivity contribution in [1.82, 2.24) is 9.88 Å². The number of H-pyrrole nitrogens is 1. The third kappa shape index (κ3) is 3.27. The Bertz CT molecular complexity index is 657. The van der Waals surface area contributed by atoms with E-state index in [1.54, 1.807) is 6.20 Å². The molecule has 1 aromatic carbocycles. The molecular weight excluding hydrogens is 264 g/mol. The highest BCUT2D eigenvalue weighted by molar-refractivity contribution is 5.82. The Hall–Kier alpha value is -1.81. The molecule has 1 fully saturated rings. The zero-order chi connectivity index (χ0) is 14.7. The van der Waals surface area contributed by atoms with Crippen molar-refractivity contribution in [2.75, 3.05) is 26.2 Å². The Balaban J connectivity index is 1.62. The molecule has 2 aromatic rings. The van der Waals surface area contributed by atoms with Crippen LogP contribution in [0.15, 0.2) is 35.3 Å². The quantitative estimate of drug-likeness (QED) is 0.940. The van der Waals surface area contributed by atoms with E-state index in [2.05, 4.69) is 16.8 Å². The van der Waals surface area contributed by atoms with Crippen molar-refractivity contribution in [2.45, 2.75) is 19.8 Å². The van der Waals surface area contributed by atoms with Crippen LogP contribution in [-0.2, 0) is 0 Å². The second-order valence-electron chi connectivity index (χ2n) is 5.74. The summed E-state index contributed by atoms with van der Waals surface area (Å²) >= 11 is 0. The molecule has 0 spiro atoms. The van der Waals surface area contributed by atoms with Gasteiger partial charge in [-0.1, -0.05) is 6.92 Å². The number of likely N-dealkylation sites (tertiary alicyclic amines) is 1. The summed E-state index contributed by atoms with van der Waals surface area (Å²) < 4.78 is 5.93. The highest BCUT2D eigenvalue weighted by atomic mass is 16.5. The lowest BCUT2D eigenvalue weighted by Crippen LogP contribution is -2.35. The van der Waals surface area contributed by atoms with Gasteiger partial charge in [0, 0.05) is 11.6 Å². The highest BCUT2D eigenvalue weighted by Crippen LogP contribution is 2.21. The molecule has 0 bridgehead atoms. The van der Waals surface area contributed by atoms with Crippen molar-refractivity contribution >= 4 is 10.8 Å². The summed E-state index contributed by atoms with van der Waals surface area (Å²) in [5, 5.41) is 1.64. The van der Waals surface area contributed by atoms with Crippen molar-refractivity contribution in [3.63, 3.8) is 0 Å². The molecule has 0 aliphatic carbocycles. The molecule has 0 saturated carbocycles. The van der Waals surface area contributed by atoms with Crippen molar-refractivity contribution in [3.05, 3.63) is 40.8 Å². The topological polar surface area (TPSA) is 45.3 Å². The number of hydrogen-bond acceptors (Lipinski definition) is 3. The molecule has 0 radical (unpaired) electrons. The number of aromatic nitrogens is 1. The first-order chi connectivity index (χ1) is 10.3. The Morgan fingerprint density at radius 3 is 2.86 bits per heavy atom. The Morgan fingerprint density at radius 1 is 1.29 bits per heavy atom. The summed E-state index contributed by atoms with van der Waals surface area (Å²) in [6, 6.07) is 7.58. The molecule has 0 unspecified atom stereocenters. The zero-order valence-corrected chi connectivity index (χ0v) is 12.5. The third-order valence-corrected chi connectivity index (χ3v) is 4.39. The minimum Gasteiger partial charge on any atom is -0.493 e. The Kier molecular flexibility index (Phi) is 4.25. The average molecular weight is 286 g/mol. The first-order valence-corrected chi connectivity index (χ1v) is 7.73. The molecule has 1 aromatic heterocycles. The fourth-order valence-corrected chi connectivity index (χ4v) is 2.94. The van der Waals surface area contributed by atoms with Gasteiger partial charge in [0.2, 0.25) is 0 Å². The Labute approximate surface area is 124 Å². The highest BCUT2D eigenvalue weighted by Gasteiger charge is 2.18. The number of pyridine rings is 1. The monoisotopic (exact) mass is 286 g/mol. The second-order valence-corrected chi connectivity index (χ2v) is 5.74. The average Bonchev–Trinajstić information content (AvgIpc) is 2.53. The van der Waals surface area contributed by atoms with E-state index in [1.807, 2.05) is 24.3 Å². The number of fused-ring (bicyclic) bond motifs is 1. The first kappa shape index (κ1) is 14.1. The van der Waals surface area contributed by atoms with Crippen LogP contribution in [-0.4, -0.2) is 36.1 Å². The fourth-order valence-electron chi connectivity index (χ4n) is 2.94. The van der Waals surface area contributed by atoms with Crippen LogP contribution in [0.3, 0.4) is 0 Å². The molecule has 0 amide bonds. The maximum absolute atomic E-state index is 11.7. The van der Waals surface area contributed by atoms with Crippen LogP contribution >= 0.6 is 0 Å². The molecule has 2 heterocycles. The van der Waals surface area contributed by atoms with Crippen LogP contribution in [0, 0.1) is 5.92 Å². The maximum Gasteiger partial charge on any atom is 0.255 e. The van der Waals surface area contributed by atoms with E-state index >= 15 is 0 Å². The summed E-state index contributed by atoms with van der Waals surface area (Å²) in [5.41, 5.74) is -0.0500. The van der Waals surface area contributed by atoms with Crippen LogP contribution in [0.5, 0.6) is 5.75 Å². The lowest BCUT2D eigenvalue weighted by atomic mass is 9.98. The lowest BCUT2D eigenvalue weighted by molar-refractivity contribution is 0.146. The smallest absolute Gasteiger partial charge is 0.255 e. The first-order valence-electron chi connectivity index (χ1n) is 7.73. The van der Waals surface area contributed by atoms with E-state index in [4.69, 9.17) is 4.74 Å². The van der Waals surface area contributed by atoms with Gasteiger partial charge in [-0.15, -0.1) is 0 Å². The maximum atomic E-state index is 11.7. The van der Waals surface area contributed by atoms with Crippen LogP contribution < -0.4 is 10.3 Å². The standard InChI is InChI=1S/C17H22N2O2/c1-2-19-9-6-13(7-10-19)12-21-15-3-4-16-14(11-15)5-8-18-17(16)20/h3-5,8,11,13H,2,6-7,9-10,12H2,1H3,(H,18,20). The normalized spacial score (nSPS) is 17.2. The molecular formula is C17H22N2O2. The van der Waals surface area contributed by atoms with Gasteiger partial charge in [0.15, 0.2) is 0 Å². The number of aromatic amines is 1. The number of nitrogens with one attached hydrogen (secondary N) is 1. The van der Waals surface area contributed by atoms with Crippen molar-refractivity contribution in [1.29, 1.82) is 0 Å². The minimum atomic E-state index is -0.0500. The van der Waals surface area contributed by atoms with Crippen LogP contribution in [0.2, 0.25) is 0 Å². The summed E-state index contributed by atoms with van der Waals surface area (Å²) in [6.07, 6.45) is 4.09. The predicted molar refractivity (Wildman–Crippen MR) is 84.9 cm³/mol.